The molecule has 0 unspecified atom stereocenters. The highest BCUT2D eigenvalue weighted by Gasteiger charge is 2.12. The van der Waals surface area contributed by atoms with Crippen molar-refractivity contribution in [3.8, 4) is 11.4 Å². The smallest absolute Gasteiger partial charge is 0.248 e. The first-order valence-corrected chi connectivity index (χ1v) is 10.3. The van der Waals surface area contributed by atoms with Crippen LogP contribution >= 0.6 is 0 Å². The van der Waals surface area contributed by atoms with Gasteiger partial charge in [-0.15, -0.1) is 10.2 Å². The Labute approximate surface area is 175 Å². The van der Waals surface area contributed by atoms with Gasteiger partial charge in [-0.2, -0.15) is 4.80 Å². The van der Waals surface area contributed by atoms with E-state index >= 15 is 0 Å². The minimum Gasteiger partial charge on any atom is -0.379 e. The Hall–Kier alpha value is -3.10. The van der Waals surface area contributed by atoms with Crippen LogP contribution in [0.3, 0.4) is 0 Å². The number of anilines is 1. The summed E-state index contributed by atoms with van der Waals surface area (Å²) in [7, 11) is 0. The van der Waals surface area contributed by atoms with Crippen molar-refractivity contribution in [2.45, 2.75) is 26.4 Å². The predicted molar refractivity (Wildman–Crippen MR) is 114 cm³/mol. The fraction of sp³-hybridized carbons (Fsp3) is 0.364. The Morgan fingerprint density at radius 1 is 1.03 bits per heavy atom. The number of carbonyl (C=O) groups excluding carboxylic acids is 1. The summed E-state index contributed by atoms with van der Waals surface area (Å²) < 4.78 is 5.39. The number of carbonyl (C=O) groups is 1. The summed E-state index contributed by atoms with van der Waals surface area (Å²) in [6, 6.07) is 16.0. The Balaban J connectivity index is 1.33. The van der Waals surface area contributed by atoms with Crippen LogP contribution in [-0.2, 0) is 29.0 Å². The molecule has 2 heterocycles. The number of aryl methyl sites for hydroxylation is 1. The van der Waals surface area contributed by atoms with Gasteiger partial charge in [-0.1, -0.05) is 43.3 Å². The van der Waals surface area contributed by atoms with E-state index in [0.717, 1.165) is 50.5 Å². The highest BCUT2D eigenvalue weighted by molar-refractivity contribution is 5.90. The maximum Gasteiger partial charge on any atom is 0.248 e. The maximum atomic E-state index is 12.3. The summed E-state index contributed by atoms with van der Waals surface area (Å²) in [5, 5.41) is 15.3. The maximum absolute atomic E-state index is 12.3. The minimum atomic E-state index is -0.191. The molecule has 0 bridgehead atoms. The molecule has 1 N–H and O–H groups in total. The number of benzene rings is 2. The summed E-state index contributed by atoms with van der Waals surface area (Å²) in [5.74, 6) is 0.317. The molecule has 1 amide bonds. The van der Waals surface area contributed by atoms with E-state index < -0.39 is 0 Å². The number of rotatable bonds is 7. The number of nitrogens with zero attached hydrogens (tertiary/aromatic N) is 5. The largest absolute Gasteiger partial charge is 0.379 e. The van der Waals surface area contributed by atoms with Crippen LogP contribution in [0.4, 0.5) is 5.69 Å². The first-order valence-electron chi connectivity index (χ1n) is 10.3. The van der Waals surface area contributed by atoms with Gasteiger partial charge in [0.25, 0.3) is 0 Å². The molecule has 156 valence electrons. The topological polar surface area (TPSA) is 85.2 Å². The fourth-order valence-corrected chi connectivity index (χ4v) is 3.36. The van der Waals surface area contributed by atoms with E-state index in [-0.39, 0.29) is 12.5 Å². The molecule has 0 spiro atoms. The van der Waals surface area contributed by atoms with E-state index in [1.54, 1.807) is 0 Å². The number of hydrogen-bond donors (Lipinski definition) is 1. The quantitative estimate of drug-likeness (QED) is 0.648. The van der Waals surface area contributed by atoms with Crippen molar-refractivity contribution in [2.75, 3.05) is 31.6 Å². The Kier molecular flexibility index (Phi) is 6.46. The fourth-order valence-electron chi connectivity index (χ4n) is 3.36. The lowest BCUT2D eigenvalue weighted by Gasteiger charge is -2.26. The van der Waals surface area contributed by atoms with Crippen molar-refractivity contribution in [2.24, 2.45) is 0 Å². The van der Waals surface area contributed by atoms with Crippen LogP contribution in [-0.4, -0.2) is 57.3 Å². The van der Waals surface area contributed by atoms with Gasteiger partial charge in [0.1, 0.15) is 6.54 Å². The van der Waals surface area contributed by atoms with E-state index in [2.05, 4.69) is 44.7 Å². The minimum absolute atomic E-state index is 0.0116. The van der Waals surface area contributed by atoms with E-state index in [1.165, 1.54) is 15.9 Å². The number of morpholine rings is 1. The number of nitrogens with one attached hydrogen (secondary N) is 1. The average molecular weight is 406 g/mol. The Morgan fingerprint density at radius 2 is 1.73 bits per heavy atom. The highest BCUT2D eigenvalue weighted by atomic mass is 16.5. The lowest BCUT2D eigenvalue weighted by molar-refractivity contribution is -0.117. The molecule has 1 aromatic heterocycles. The molecule has 0 aliphatic carbocycles. The van der Waals surface area contributed by atoms with Crippen LogP contribution in [0.1, 0.15) is 18.1 Å². The normalized spacial score (nSPS) is 14.6. The zero-order chi connectivity index (χ0) is 20.8. The average Bonchev–Trinajstić information content (AvgIpc) is 3.24. The predicted octanol–water partition coefficient (Wildman–Crippen LogP) is 2.37. The molecule has 2 aromatic carbocycles. The summed E-state index contributed by atoms with van der Waals surface area (Å²) in [5.41, 5.74) is 4.10. The molecule has 0 saturated carbocycles. The van der Waals surface area contributed by atoms with Gasteiger partial charge in [0, 0.05) is 30.9 Å². The third-order valence-electron chi connectivity index (χ3n) is 5.11. The third-order valence-corrected chi connectivity index (χ3v) is 5.11. The van der Waals surface area contributed by atoms with Gasteiger partial charge in [0.05, 0.1) is 13.2 Å². The van der Waals surface area contributed by atoms with Crippen molar-refractivity contribution >= 4 is 11.6 Å². The summed E-state index contributed by atoms with van der Waals surface area (Å²) in [6.07, 6.45) is 0.966. The molecule has 0 atom stereocenters. The molecular weight excluding hydrogens is 380 g/mol. The van der Waals surface area contributed by atoms with Gasteiger partial charge in [0.2, 0.25) is 11.7 Å². The zero-order valence-electron chi connectivity index (χ0n) is 17.1. The van der Waals surface area contributed by atoms with E-state index in [4.69, 9.17) is 4.74 Å². The molecule has 0 radical (unpaired) electrons. The van der Waals surface area contributed by atoms with Crippen molar-refractivity contribution in [3.05, 3.63) is 59.7 Å². The number of amides is 1. The van der Waals surface area contributed by atoms with Gasteiger partial charge in [-0.05, 0) is 34.9 Å². The van der Waals surface area contributed by atoms with Crippen LogP contribution < -0.4 is 5.32 Å². The second-order valence-electron chi connectivity index (χ2n) is 7.33. The second kappa shape index (κ2) is 9.60. The van der Waals surface area contributed by atoms with E-state index in [9.17, 15) is 4.79 Å². The van der Waals surface area contributed by atoms with Crippen molar-refractivity contribution < 1.29 is 9.53 Å². The van der Waals surface area contributed by atoms with Gasteiger partial charge in [-0.3, -0.25) is 9.69 Å². The summed E-state index contributed by atoms with van der Waals surface area (Å²) in [4.78, 5) is 16.0. The van der Waals surface area contributed by atoms with Gasteiger partial charge < -0.3 is 10.1 Å². The van der Waals surface area contributed by atoms with Crippen molar-refractivity contribution in [1.82, 2.24) is 25.1 Å². The molecule has 8 heteroatoms. The molecule has 1 fully saturated rings. The SMILES string of the molecule is CCc1ccc(NC(=O)Cn2nnc(-c3ccc(CN4CCOCC4)cc3)n2)cc1. The summed E-state index contributed by atoms with van der Waals surface area (Å²) in [6.45, 7) is 6.52. The van der Waals surface area contributed by atoms with Crippen LogP contribution in [0.5, 0.6) is 0 Å². The van der Waals surface area contributed by atoms with Crippen LogP contribution in [0.2, 0.25) is 0 Å². The molecule has 8 nitrogen and oxygen atoms in total. The van der Waals surface area contributed by atoms with Crippen LogP contribution in [0, 0.1) is 0 Å². The van der Waals surface area contributed by atoms with Gasteiger partial charge >= 0.3 is 0 Å². The first kappa shape index (κ1) is 20.2. The second-order valence-corrected chi connectivity index (χ2v) is 7.33. The standard InChI is InChI=1S/C22H26N6O2/c1-2-17-5-9-20(10-6-17)23-21(29)16-28-25-22(24-26-28)19-7-3-18(4-8-19)15-27-11-13-30-14-12-27/h3-10H,2,11-16H2,1H3,(H,23,29). The first-order chi connectivity index (χ1) is 14.7. The van der Waals surface area contributed by atoms with Gasteiger partial charge in [0.15, 0.2) is 0 Å². The number of hydrogen-bond acceptors (Lipinski definition) is 6. The number of ether oxygens (including phenoxy) is 1. The lowest BCUT2D eigenvalue weighted by Crippen LogP contribution is -2.35. The zero-order valence-corrected chi connectivity index (χ0v) is 17.1. The molecule has 30 heavy (non-hydrogen) atoms. The summed E-state index contributed by atoms with van der Waals surface area (Å²) >= 11 is 0. The third kappa shape index (κ3) is 5.28. The number of tetrazole rings is 1. The van der Waals surface area contributed by atoms with E-state index in [1.807, 2.05) is 36.4 Å². The molecule has 3 aromatic rings. The van der Waals surface area contributed by atoms with Crippen molar-refractivity contribution in [3.63, 3.8) is 0 Å². The molecule has 1 aliphatic heterocycles. The number of aromatic nitrogens is 4. The monoisotopic (exact) mass is 406 g/mol. The highest BCUT2D eigenvalue weighted by Crippen LogP contribution is 2.16. The van der Waals surface area contributed by atoms with E-state index in [0.29, 0.717) is 5.82 Å². The van der Waals surface area contributed by atoms with Crippen LogP contribution in [0.25, 0.3) is 11.4 Å². The lowest BCUT2D eigenvalue weighted by atomic mass is 10.1. The Morgan fingerprint density at radius 3 is 2.43 bits per heavy atom. The Bertz CT molecular complexity index is 962. The molecule has 4 rings (SSSR count). The van der Waals surface area contributed by atoms with Gasteiger partial charge in [-0.25, -0.2) is 0 Å². The molecule has 1 saturated heterocycles. The molecular formula is C22H26N6O2. The van der Waals surface area contributed by atoms with Crippen LogP contribution in [0.15, 0.2) is 48.5 Å². The molecule has 1 aliphatic rings. The van der Waals surface area contributed by atoms with Crippen molar-refractivity contribution in [1.29, 1.82) is 0 Å².